The molecule has 0 aliphatic heterocycles. The summed E-state index contributed by atoms with van der Waals surface area (Å²) in [4.78, 5) is 0. The molecule has 0 aromatic rings. The van der Waals surface area contributed by atoms with Crippen LogP contribution in [0.15, 0.2) is 12.8 Å². The van der Waals surface area contributed by atoms with Crippen LogP contribution in [0.2, 0.25) is 0 Å². The number of rotatable bonds is 2. The zero-order chi connectivity index (χ0) is 11.9. The summed E-state index contributed by atoms with van der Waals surface area (Å²) in [5.41, 5.74) is 0. The molecule has 0 N–H and O–H groups in total. The smallest absolute Gasteiger partial charge is 0.101 e. The highest BCUT2D eigenvalue weighted by Gasteiger charge is 2.68. The van der Waals surface area contributed by atoms with Crippen LogP contribution in [0.4, 0.5) is 0 Å². The van der Waals surface area contributed by atoms with Crippen molar-refractivity contribution in [3.8, 4) is 0 Å². The molecule has 1 heteroatoms. The molecule has 0 radical (unpaired) electrons. The minimum absolute atomic E-state index is 0.535. The minimum atomic E-state index is 0.535. The third-order valence-corrected chi connectivity index (χ3v) is 7.60. The summed E-state index contributed by atoms with van der Waals surface area (Å²) in [6.07, 6.45) is 11.3. The third-order valence-electron chi connectivity index (χ3n) is 7.60. The molecule has 1 nitrogen and oxygen atoms in total. The van der Waals surface area contributed by atoms with Gasteiger partial charge in [0.1, 0.15) is 6.10 Å². The fourth-order valence-electron chi connectivity index (χ4n) is 7.54. The standard InChI is InChI=1S/C17H24O/c1-2-18-15-7-9-6-14(15)17-13-8-12(16(9)17)10-4-3-5-11(10)13/h2,9-17H,1,3-8H2. The van der Waals surface area contributed by atoms with Crippen LogP contribution in [0.3, 0.4) is 0 Å². The summed E-state index contributed by atoms with van der Waals surface area (Å²) < 4.78 is 5.83. The molecule has 0 aromatic heterocycles. The second-order valence-electron chi connectivity index (χ2n) is 7.71. The predicted octanol–water partition coefficient (Wildman–Crippen LogP) is 3.85. The van der Waals surface area contributed by atoms with Crippen molar-refractivity contribution >= 4 is 0 Å². The van der Waals surface area contributed by atoms with E-state index in [1.807, 2.05) is 0 Å². The van der Waals surface area contributed by atoms with Gasteiger partial charge in [0, 0.05) is 0 Å². The minimum Gasteiger partial charge on any atom is -0.498 e. The Morgan fingerprint density at radius 1 is 0.833 bits per heavy atom. The van der Waals surface area contributed by atoms with Gasteiger partial charge in [-0.15, -0.1) is 0 Å². The van der Waals surface area contributed by atoms with E-state index in [2.05, 4.69) is 6.58 Å². The van der Waals surface area contributed by atoms with Crippen molar-refractivity contribution in [2.45, 2.75) is 44.6 Å². The van der Waals surface area contributed by atoms with Crippen LogP contribution in [-0.4, -0.2) is 6.10 Å². The monoisotopic (exact) mass is 244 g/mol. The predicted molar refractivity (Wildman–Crippen MR) is 70.7 cm³/mol. The Morgan fingerprint density at radius 2 is 1.61 bits per heavy atom. The summed E-state index contributed by atoms with van der Waals surface area (Å²) in [6, 6.07) is 0. The second kappa shape index (κ2) is 3.35. The van der Waals surface area contributed by atoms with Gasteiger partial charge in [-0.25, -0.2) is 0 Å². The molecule has 0 amide bonds. The molecule has 4 bridgehead atoms. The van der Waals surface area contributed by atoms with Crippen molar-refractivity contribution < 1.29 is 4.74 Å². The van der Waals surface area contributed by atoms with Crippen LogP contribution < -0.4 is 0 Å². The van der Waals surface area contributed by atoms with E-state index in [0.717, 1.165) is 47.3 Å². The Hall–Kier alpha value is -0.460. The molecule has 5 aliphatic carbocycles. The topological polar surface area (TPSA) is 9.23 Å². The van der Waals surface area contributed by atoms with Gasteiger partial charge in [-0.05, 0) is 79.4 Å². The van der Waals surface area contributed by atoms with Crippen LogP contribution in [0.25, 0.3) is 0 Å². The lowest BCUT2D eigenvalue weighted by molar-refractivity contribution is -0.00704. The van der Waals surface area contributed by atoms with Gasteiger partial charge in [0.05, 0.1) is 6.26 Å². The van der Waals surface area contributed by atoms with Gasteiger partial charge in [0.15, 0.2) is 0 Å². The fourth-order valence-corrected chi connectivity index (χ4v) is 7.54. The van der Waals surface area contributed by atoms with Gasteiger partial charge in [-0.2, -0.15) is 0 Å². The lowest BCUT2D eigenvalue weighted by atomic mass is 9.64. The first kappa shape index (κ1) is 10.3. The molecule has 5 fully saturated rings. The normalized spacial score (nSPS) is 63.0. The summed E-state index contributed by atoms with van der Waals surface area (Å²) in [5.74, 6) is 8.58. The molecule has 98 valence electrons. The zero-order valence-electron chi connectivity index (χ0n) is 11.1. The maximum absolute atomic E-state index is 5.83. The van der Waals surface area contributed by atoms with E-state index in [1.165, 1.54) is 19.3 Å². The fraction of sp³-hybridized carbons (Fsp3) is 0.882. The molecule has 0 aromatic carbocycles. The van der Waals surface area contributed by atoms with Crippen LogP contribution in [0.1, 0.15) is 38.5 Å². The van der Waals surface area contributed by atoms with Crippen molar-refractivity contribution in [3.63, 3.8) is 0 Å². The van der Waals surface area contributed by atoms with Crippen molar-refractivity contribution in [2.75, 3.05) is 0 Å². The van der Waals surface area contributed by atoms with Gasteiger partial charge in [-0.1, -0.05) is 13.0 Å². The SMILES string of the molecule is C=COC1CC2CC1C1C3CC(C4CCCC43)C21. The highest BCUT2D eigenvalue weighted by atomic mass is 16.5. The van der Waals surface area contributed by atoms with Gasteiger partial charge >= 0.3 is 0 Å². The van der Waals surface area contributed by atoms with E-state index in [4.69, 9.17) is 4.74 Å². The second-order valence-corrected chi connectivity index (χ2v) is 7.71. The Bertz CT molecular complexity index is 389. The van der Waals surface area contributed by atoms with E-state index in [1.54, 1.807) is 25.5 Å². The first-order valence-electron chi connectivity index (χ1n) is 8.15. The number of hydrogen-bond donors (Lipinski definition) is 0. The molecular formula is C17H24O. The average molecular weight is 244 g/mol. The molecule has 9 atom stereocenters. The van der Waals surface area contributed by atoms with Crippen molar-refractivity contribution in [2.24, 2.45) is 47.3 Å². The van der Waals surface area contributed by atoms with Gasteiger partial charge in [-0.3, -0.25) is 0 Å². The quantitative estimate of drug-likeness (QED) is 0.529. The molecular weight excluding hydrogens is 220 g/mol. The molecule has 0 spiro atoms. The van der Waals surface area contributed by atoms with Gasteiger partial charge in [0.25, 0.3) is 0 Å². The molecule has 0 saturated heterocycles. The van der Waals surface area contributed by atoms with Crippen molar-refractivity contribution in [3.05, 3.63) is 12.8 Å². The lowest BCUT2D eigenvalue weighted by Crippen LogP contribution is -2.40. The van der Waals surface area contributed by atoms with Crippen LogP contribution in [0, 0.1) is 47.3 Å². The maximum atomic E-state index is 5.83. The molecule has 0 heterocycles. The van der Waals surface area contributed by atoms with Gasteiger partial charge < -0.3 is 4.74 Å². The maximum Gasteiger partial charge on any atom is 0.101 e. The molecule has 9 unspecified atom stereocenters. The largest absolute Gasteiger partial charge is 0.498 e. The third kappa shape index (κ3) is 1.03. The summed E-state index contributed by atoms with van der Waals surface area (Å²) in [6.45, 7) is 3.77. The molecule has 5 aliphatic rings. The van der Waals surface area contributed by atoms with Crippen LogP contribution >= 0.6 is 0 Å². The van der Waals surface area contributed by atoms with Crippen LogP contribution in [0.5, 0.6) is 0 Å². The lowest BCUT2D eigenvalue weighted by Gasteiger charge is -2.43. The Morgan fingerprint density at radius 3 is 2.39 bits per heavy atom. The first-order chi connectivity index (χ1) is 8.88. The van der Waals surface area contributed by atoms with E-state index in [0.29, 0.717) is 6.10 Å². The van der Waals surface area contributed by atoms with E-state index in [9.17, 15) is 0 Å². The van der Waals surface area contributed by atoms with Crippen molar-refractivity contribution in [1.29, 1.82) is 0 Å². The average Bonchev–Trinajstić information content (AvgIpc) is 3.11. The van der Waals surface area contributed by atoms with E-state index < -0.39 is 0 Å². The number of hydrogen-bond acceptors (Lipinski definition) is 1. The van der Waals surface area contributed by atoms with Gasteiger partial charge in [0.2, 0.25) is 0 Å². The molecule has 5 saturated carbocycles. The first-order valence-corrected chi connectivity index (χ1v) is 8.15. The highest BCUT2D eigenvalue weighted by molar-refractivity contribution is 5.16. The number of fused-ring (bicyclic) bond motifs is 12. The Balaban J connectivity index is 1.48. The number of ether oxygens (including phenoxy) is 1. The molecule has 18 heavy (non-hydrogen) atoms. The van der Waals surface area contributed by atoms with Crippen molar-refractivity contribution in [1.82, 2.24) is 0 Å². The van der Waals surface area contributed by atoms with E-state index in [-0.39, 0.29) is 0 Å². The highest BCUT2D eigenvalue weighted by Crippen LogP contribution is 2.72. The zero-order valence-corrected chi connectivity index (χ0v) is 11.1. The Kier molecular flexibility index (Phi) is 1.92. The summed E-state index contributed by atoms with van der Waals surface area (Å²) >= 11 is 0. The summed E-state index contributed by atoms with van der Waals surface area (Å²) in [7, 11) is 0. The van der Waals surface area contributed by atoms with Crippen LogP contribution in [-0.2, 0) is 4.74 Å². The summed E-state index contributed by atoms with van der Waals surface area (Å²) in [5, 5.41) is 0. The Labute approximate surface area is 110 Å². The van der Waals surface area contributed by atoms with E-state index >= 15 is 0 Å². The molecule has 5 rings (SSSR count).